The van der Waals surface area contributed by atoms with Gasteiger partial charge in [0.2, 0.25) is 0 Å². The highest BCUT2D eigenvalue weighted by atomic mass is 35.5. The standard InChI is InChI=1S/C13H18ClNO2S/c1-10(12-4-2-3-5-13(12)14)15-11-6-8-18(16,17)9-7-11/h2-5,10-11,15H,6-9H2,1H3/t10-/m0/s1. The number of hydrogen-bond acceptors (Lipinski definition) is 3. The fourth-order valence-electron chi connectivity index (χ4n) is 2.33. The lowest BCUT2D eigenvalue weighted by Crippen LogP contribution is -2.38. The van der Waals surface area contributed by atoms with E-state index in [1.165, 1.54) is 0 Å². The van der Waals surface area contributed by atoms with Crippen LogP contribution in [0.25, 0.3) is 0 Å². The molecule has 1 aliphatic heterocycles. The van der Waals surface area contributed by atoms with Gasteiger partial charge in [0.15, 0.2) is 0 Å². The van der Waals surface area contributed by atoms with Crippen LogP contribution in [-0.4, -0.2) is 26.0 Å². The average molecular weight is 288 g/mol. The normalized spacial score (nSPS) is 21.7. The molecule has 3 nitrogen and oxygen atoms in total. The molecule has 0 aromatic heterocycles. The molecule has 0 unspecified atom stereocenters. The zero-order valence-electron chi connectivity index (χ0n) is 10.4. The second-order valence-corrected chi connectivity index (χ2v) is 7.55. The third kappa shape index (κ3) is 3.46. The van der Waals surface area contributed by atoms with Crippen molar-refractivity contribution < 1.29 is 8.42 Å². The Balaban J connectivity index is 1.97. The van der Waals surface area contributed by atoms with Gasteiger partial charge in [-0.3, -0.25) is 0 Å². The number of sulfone groups is 1. The van der Waals surface area contributed by atoms with Crippen molar-refractivity contribution in [3.05, 3.63) is 34.9 Å². The molecule has 5 heteroatoms. The first-order chi connectivity index (χ1) is 8.48. The molecule has 1 heterocycles. The molecule has 0 amide bonds. The van der Waals surface area contributed by atoms with Crippen LogP contribution in [0.5, 0.6) is 0 Å². The minimum atomic E-state index is -2.79. The first-order valence-corrected chi connectivity index (χ1v) is 8.39. The third-order valence-electron chi connectivity index (χ3n) is 3.41. The van der Waals surface area contributed by atoms with E-state index in [0.29, 0.717) is 24.3 Å². The molecule has 0 saturated carbocycles. The molecule has 1 aromatic carbocycles. The molecule has 1 fully saturated rings. The van der Waals surface area contributed by atoms with Crippen LogP contribution in [-0.2, 0) is 9.84 Å². The molecule has 0 radical (unpaired) electrons. The Hall–Kier alpha value is -0.580. The van der Waals surface area contributed by atoms with Gasteiger partial charge in [0.25, 0.3) is 0 Å². The maximum Gasteiger partial charge on any atom is 0.150 e. The zero-order chi connectivity index (χ0) is 13.2. The Morgan fingerprint density at radius 3 is 2.50 bits per heavy atom. The Bertz CT molecular complexity index is 501. The highest BCUT2D eigenvalue weighted by Crippen LogP contribution is 2.24. The van der Waals surface area contributed by atoms with Gasteiger partial charge in [-0.05, 0) is 31.4 Å². The molecular formula is C13H18ClNO2S. The summed E-state index contributed by atoms with van der Waals surface area (Å²) >= 11 is 6.15. The van der Waals surface area contributed by atoms with Gasteiger partial charge in [-0.1, -0.05) is 29.8 Å². The second kappa shape index (κ2) is 5.59. The fraction of sp³-hybridized carbons (Fsp3) is 0.538. The van der Waals surface area contributed by atoms with Crippen LogP contribution >= 0.6 is 11.6 Å². The lowest BCUT2D eigenvalue weighted by Gasteiger charge is -2.27. The van der Waals surface area contributed by atoms with Crippen molar-refractivity contribution in [2.45, 2.75) is 31.8 Å². The predicted molar refractivity (Wildman–Crippen MR) is 74.7 cm³/mol. The topological polar surface area (TPSA) is 46.2 Å². The second-order valence-electron chi connectivity index (χ2n) is 4.84. The van der Waals surface area contributed by atoms with Crippen molar-refractivity contribution in [3.8, 4) is 0 Å². The summed E-state index contributed by atoms with van der Waals surface area (Å²) in [5, 5.41) is 4.22. The molecule has 1 N–H and O–H groups in total. The van der Waals surface area contributed by atoms with Crippen molar-refractivity contribution in [1.29, 1.82) is 0 Å². The largest absolute Gasteiger partial charge is 0.307 e. The van der Waals surface area contributed by atoms with E-state index in [1.807, 2.05) is 24.3 Å². The van der Waals surface area contributed by atoms with Gasteiger partial charge in [0, 0.05) is 17.1 Å². The highest BCUT2D eigenvalue weighted by Gasteiger charge is 2.24. The minimum Gasteiger partial charge on any atom is -0.307 e. The van der Waals surface area contributed by atoms with E-state index in [0.717, 1.165) is 10.6 Å². The Morgan fingerprint density at radius 1 is 1.28 bits per heavy atom. The predicted octanol–water partition coefficient (Wildman–Crippen LogP) is 2.57. The first kappa shape index (κ1) is 13.8. The molecule has 0 spiro atoms. The highest BCUT2D eigenvalue weighted by molar-refractivity contribution is 7.91. The van der Waals surface area contributed by atoms with Crippen LogP contribution in [0.15, 0.2) is 24.3 Å². The molecule has 1 atom stereocenters. The molecule has 1 aliphatic rings. The van der Waals surface area contributed by atoms with E-state index in [1.54, 1.807) is 0 Å². The van der Waals surface area contributed by atoms with E-state index < -0.39 is 9.84 Å². The number of hydrogen-bond donors (Lipinski definition) is 1. The summed E-state index contributed by atoms with van der Waals surface area (Å²) in [6.45, 7) is 2.06. The van der Waals surface area contributed by atoms with E-state index in [-0.39, 0.29) is 12.1 Å². The minimum absolute atomic E-state index is 0.143. The number of halogens is 1. The lowest BCUT2D eigenvalue weighted by molar-refractivity contribution is 0.420. The average Bonchev–Trinajstić information content (AvgIpc) is 2.32. The number of nitrogens with one attached hydrogen (secondary N) is 1. The smallest absolute Gasteiger partial charge is 0.150 e. The molecule has 0 bridgehead atoms. The van der Waals surface area contributed by atoms with Crippen molar-refractivity contribution in [3.63, 3.8) is 0 Å². The van der Waals surface area contributed by atoms with E-state index in [4.69, 9.17) is 11.6 Å². The summed E-state index contributed by atoms with van der Waals surface area (Å²) in [6, 6.07) is 8.15. The number of benzene rings is 1. The van der Waals surface area contributed by atoms with Crippen LogP contribution < -0.4 is 5.32 Å². The Kier molecular flexibility index (Phi) is 4.30. The van der Waals surface area contributed by atoms with Gasteiger partial charge in [-0.15, -0.1) is 0 Å². The molecule has 18 heavy (non-hydrogen) atoms. The molecule has 1 aromatic rings. The quantitative estimate of drug-likeness (QED) is 0.929. The van der Waals surface area contributed by atoms with Crippen LogP contribution in [0.4, 0.5) is 0 Å². The van der Waals surface area contributed by atoms with Gasteiger partial charge in [-0.25, -0.2) is 8.42 Å². The van der Waals surface area contributed by atoms with Crippen LogP contribution in [0, 0.1) is 0 Å². The molecule has 100 valence electrons. The summed E-state index contributed by atoms with van der Waals surface area (Å²) < 4.78 is 22.7. The van der Waals surface area contributed by atoms with Gasteiger partial charge >= 0.3 is 0 Å². The SMILES string of the molecule is C[C@H](NC1CCS(=O)(=O)CC1)c1ccccc1Cl. The van der Waals surface area contributed by atoms with Gasteiger partial charge in [-0.2, -0.15) is 0 Å². The first-order valence-electron chi connectivity index (χ1n) is 6.19. The van der Waals surface area contributed by atoms with Crippen LogP contribution in [0.3, 0.4) is 0 Å². The van der Waals surface area contributed by atoms with Gasteiger partial charge in [0.05, 0.1) is 11.5 Å². The summed E-state index contributed by atoms with van der Waals surface area (Å²) in [6.07, 6.45) is 1.38. The molecule has 1 saturated heterocycles. The van der Waals surface area contributed by atoms with Crippen molar-refractivity contribution >= 4 is 21.4 Å². The van der Waals surface area contributed by atoms with Crippen molar-refractivity contribution in [2.24, 2.45) is 0 Å². The molecule has 0 aliphatic carbocycles. The summed E-state index contributed by atoms with van der Waals surface area (Å²) in [5.41, 5.74) is 1.06. The van der Waals surface area contributed by atoms with Crippen LogP contribution in [0.1, 0.15) is 31.4 Å². The fourth-order valence-corrected chi connectivity index (χ4v) is 4.12. The monoisotopic (exact) mass is 287 g/mol. The maximum absolute atomic E-state index is 11.4. The Morgan fingerprint density at radius 2 is 1.89 bits per heavy atom. The van der Waals surface area contributed by atoms with Crippen LogP contribution in [0.2, 0.25) is 5.02 Å². The van der Waals surface area contributed by atoms with Crippen molar-refractivity contribution in [1.82, 2.24) is 5.32 Å². The third-order valence-corrected chi connectivity index (χ3v) is 5.47. The number of rotatable bonds is 3. The summed E-state index contributed by atoms with van der Waals surface area (Å²) in [5.74, 6) is 0.583. The van der Waals surface area contributed by atoms with E-state index in [9.17, 15) is 8.42 Å². The summed E-state index contributed by atoms with van der Waals surface area (Å²) in [7, 11) is -2.79. The van der Waals surface area contributed by atoms with Gasteiger partial charge in [0.1, 0.15) is 9.84 Å². The zero-order valence-corrected chi connectivity index (χ0v) is 12.0. The molecular weight excluding hydrogens is 270 g/mol. The molecule has 2 rings (SSSR count). The van der Waals surface area contributed by atoms with E-state index >= 15 is 0 Å². The lowest BCUT2D eigenvalue weighted by atomic mass is 10.1. The van der Waals surface area contributed by atoms with Gasteiger partial charge < -0.3 is 5.32 Å². The van der Waals surface area contributed by atoms with E-state index in [2.05, 4.69) is 12.2 Å². The summed E-state index contributed by atoms with van der Waals surface area (Å²) in [4.78, 5) is 0. The maximum atomic E-state index is 11.4. The Labute approximate surface area is 113 Å². The van der Waals surface area contributed by atoms with Crippen molar-refractivity contribution in [2.75, 3.05) is 11.5 Å².